The van der Waals surface area contributed by atoms with E-state index in [0.29, 0.717) is 13.2 Å². The highest BCUT2D eigenvalue weighted by Crippen LogP contribution is 2.38. The third kappa shape index (κ3) is 1.48. The highest BCUT2D eigenvalue weighted by Gasteiger charge is 2.28. The third-order valence-electron chi connectivity index (χ3n) is 2.66. The molecular weight excluding hydrogens is 222 g/mol. The van der Waals surface area contributed by atoms with E-state index in [0.717, 1.165) is 15.8 Å². The monoisotopic (exact) mass is 233 g/mol. The number of nitrogens with zero attached hydrogens (tertiary/aromatic N) is 2. The predicted octanol–water partition coefficient (Wildman–Crippen LogP) is 1.52. The Bertz CT molecular complexity index is 511. The van der Waals surface area contributed by atoms with Crippen LogP contribution in [0.25, 0.3) is 0 Å². The highest BCUT2D eigenvalue weighted by atomic mass is 32.1. The van der Waals surface area contributed by atoms with Crippen molar-refractivity contribution in [1.82, 2.24) is 10.2 Å². The van der Waals surface area contributed by atoms with Crippen molar-refractivity contribution in [3.63, 3.8) is 0 Å². The largest absolute Gasteiger partial charge is 0.492 e. The number of aromatic nitrogens is 2. The second-order valence-electron chi connectivity index (χ2n) is 3.64. The van der Waals surface area contributed by atoms with E-state index in [2.05, 4.69) is 16.3 Å². The molecule has 4 nitrogen and oxygen atoms in total. The van der Waals surface area contributed by atoms with E-state index in [1.165, 1.54) is 5.56 Å². The van der Waals surface area contributed by atoms with Crippen LogP contribution in [0.2, 0.25) is 0 Å². The molecule has 5 heteroatoms. The van der Waals surface area contributed by atoms with Gasteiger partial charge in [0.1, 0.15) is 22.4 Å². The van der Waals surface area contributed by atoms with Gasteiger partial charge >= 0.3 is 0 Å². The van der Waals surface area contributed by atoms with E-state index < -0.39 is 0 Å². The number of rotatable bonds is 2. The summed E-state index contributed by atoms with van der Waals surface area (Å²) >= 11 is 1.57. The molecule has 0 saturated carbocycles. The molecule has 0 aliphatic carbocycles. The van der Waals surface area contributed by atoms with Crippen molar-refractivity contribution >= 4 is 11.3 Å². The van der Waals surface area contributed by atoms with E-state index in [4.69, 9.17) is 10.5 Å². The SMILES string of the molecule is NCc1nnc(C2COc3ccccc32)s1. The molecule has 0 fully saturated rings. The first-order valence-electron chi connectivity index (χ1n) is 5.12. The summed E-state index contributed by atoms with van der Waals surface area (Å²) < 4.78 is 5.62. The predicted molar refractivity (Wildman–Crippen MR) is 61.6 cm³/mol. The Morgan fingerprint density at radius 3 is 3.06 bits per heavy atom. The molecule has 82 valence electrons. The maximum atomic E-state index is 5.62. The molecule has 1 aromatic carbocycles. The molecule has 0 spiro atoms. The molecule has 1 aliphatic rings. The van der Waals surface area contributed by atoms with Crippen LogP contribution in [0.3, 0.4) is 0 Å². The maximum absolute atomic E-state index is 5.62. The quantitative estimate of drug-likeness (QED) is 0.854. The van der Waals surface area contributed by atoms with Gasteiger partial charge in [0, 0.05) is 12.1 Å². The summed E-state index contributed by atoms with van der Waals surface area (Å²) in [5.74, 6) is 1.17. The zero-order valence-electron chi connectivity index (χ0n) is 8.59. The van der Waals surface area contributed by atoms with E-state index in [1.807, 2.05) is 18.2 Å². The lowest BCUT2D eigenvalue weighted by molar-refractivity contribution is 0.342. The number of hydrogen-bond donors (Lipinski definition) is 1. The lowest BCUT2D eigenvalue weighted by Gasteiger charge is -2.02. The summed E-state index contributed by atoms with van der Waals surface area (Å²) in [6.07, 6.45) is 0. The number of para-hydroxylation sites is 1. The summed E-state index contributed by atoms with van der Waals surface area (Å²) in [4.78, 5) is 0. The van der Waals surface area contributed by atoms with Gasteiger partial charge in [-0.25, -0.2) is 0 Å². The van der Waals surface area contributed by atoms with Gasteiger partial charge in [-0.05, 0) is 6.07 Å². The van der Waals surface area contributed by atoms with Crippen LogP contribution in [-0.4, -0.2) is 16.8 Å². The van der Waals surface area contributed by atoms with Crippen LogP contribution in [0.5, 0.6) is 5.75 Å². The number of nitrogens with two attached hydrogens (primary N) is 1. The minimum atomic E-state index is 0.217. The van der Waals surface area contributed by atoms with Crippen LogP contribution >= 0.6 is 11.3 Å². The fourth-order valence-electron chi connectivity index (χ4n) is 1.86. The van der Waals surface area contributed by atoms with Crippen LogP contribution in [0.1, 0.15) is 21.5 Å². The molecule has 1 aromatic heterocycles. The van der Waals surface area contributed by atoms with Crippen molar-refractivity contribution in [2.24, 2.45) is 5.73 Å². The van der Waals surface area contributed by atoms with Gasteiger partial charge in [-0.2, -0.15) is 0 Å². The van der Waals surface area contributed by atoms with Crippen LogP contribution in [-0.2, 0) is 6.54 Å². The Morgan fingerprint density at radius 2 is 2.25 bits per heavy atom. The van der Waals surface area contributed by atoms with Gasteiger partial charge in [-0.15, -0.1) is 10.2 Å². The summed E-state index contributed by atoms with van der Waals surface area (Å²) in [6.45, 7) is 1.10. The van der Waals surface area contributed by atoms with Crippen molar-refractivity contribution in [2.45, 2.75) is 12.5 Å². The van der Waals surface area contributed by atoms with E-state index in [9.17, 15) is 0 Å². The molecule has 1 aliphatic heterocycles. The Morgan fingerprint density at radius 1 is 1.38 bits per heavy atom. The summed E-state index contributed by atoms with van der Waals surface area (Å²) in [7, 11) is 0. The average molecular weight is 233 g/mol. The van der Waals surface area contributed by atoms with E-state index in [1.54, 1.807) is 11.3 Å². The molecule has 2 aromatic rings. The number of fused-ring (bicyclic) bond motifs is 1. The Kier molecular flexibility index (Phi) is 2.34. The maximum Gasteiger partial charge on any atom is 0.131 e. The van der Waals surface area contributed by atoms with Gasteiger partial charge in [0.25, 0.3) is 0 Å². The Hall–Kier alpha value is -1.46. The van der Waals surface area contributed by atoms with Gasteiger partial charge < -0.3 is 10.5 Å². The molecular formula is C11H11N3OS. The van der Waals surface area contributed by atoms with Crippen molar-refractivity contribution in [3.8, 4) is 5.75 Å². The smallest absolute Gasteiger partial charge is 0.131 e. The molecule has 0 saturated heterocycles. The molecule has 0 bridgehead atoms. The number of ether oxygens (including phenoxy) is 1. The third-order valence-corrected chi connectivity index (χ3v) is 3.71. The molecule has 2 heterocycles. The molecule has 3 rings (SSSR count). The first-order valence-corrected chi connectivity index (χ1v) is 5.94. The molecule has 1 atom stereocenters. The zero-order valence-corrected chi connectivity index (χ0v) is 9.41. The minimum absolute atomic E-state index is 0.217. The van der Waals surface area contributed by atoms with Gasteiger partial charge in [-0.1, -0.05) is 29.5 Å². The van der Waals surface area contributed by atoms with Crippen molar-refractivity contribution in [3.05, 3.63) is 39.8 Å². The van der Waals surface area contributed by atoms with E-state index in [-0.39, 0.29) is 5.92 Å². The number of benzene rings is 1. The number of hydrogen-bond acceptors (Lipinski definition) is 5. The standard InChI is InChI=1S/C11H11N3OS/c12-5-10-13-14-11(16-10)8-6-15-9-4-2-1-3-7(8)9/h1-4,8H,5-6,12H2. The van der Waals surface area contributed by atoms with Crippen LogP contribution in [0.15, 0.2) is 24.3 Å². The minimum Gasteiger partial charge on any atom is -0.492 e. The molecule has 1 unspecified atom stereocenters. The van der Waals surface area contributed by atoms with Crippen molar-refractivity contribution in [1.29, 1.82) is 0 Å². The Balaban J connectivity index is 1.98. The Labute approximate surface area is 97.1 Å². The summed E-state index contributed by atoms with van der Waals surface area (Å²) in [5, 5.41) is 10.1. The summed E-state index contributed by atoms with van der Waals surface area (Å²) in [5.41, 5.74) is 6.73. The van der Waals surface area contributed by atoms with Gasteiger partial charge in [0.05, 0.1) is 5.92 Å². The van der Waals surface area contributed by atoms with Crippen LogP contribution in [0.4, 0.5) is 0 Å². The fraction of sp³-hybridized carbons (Fsp3) is 0.273. The molecule has 2 N–H and O–H groups in total. The second-order valence-corrected chi connectivity index (χ2v) is 4.73. The normalized spacial score (nSPS) is 18.2. The zero-order chi connectivity index (χ0) is 11.0. The lowest BCUT2D eigenvalue weighted by atomic mass is 10.0. The van der Waals surface area contributed by atoms with Crippen LogP contribution in [0, 0.1) is 0 Å². The molecule has 16 heavy (non-hydrogen) atoms. The van der Waals surface area contributed by atoms with Crippen LogP contribution < -0.4 is 10.5 Å². The highest BCUT2D eigenvalue weighted by molar-refractivity contribution is 7.11. The first-order chi connectivity index (χ1) is 7.88. The van der Waals surface area contributed by atoms with Gasteiger partial charge in [0.15, 0.2) is 0 Å². The second kappa shape index (κ2) is 3.84. The molecule has 0 radical (unpaired) electrons. The van der Waals surface area contributed by atoms with Crippen molar-refractivity contribution < 1.29 is 4.74 Å². The van der Waals surface area contributed by atoms with Gasteiger partial charge in [0.2, 0.25) is 0 Å². The molecule has 0 amide bonds. The average Bonchev–Trinajstić information content (AvgIpc) is 2.94. The lowest BCUT2D eigenvalue weighted by Crippen LogP contribution is -2.01. The summed E-state index contributed by atoms with van der Waals surface area (Å²) in [6, 6.07) is 8.06. The topological polar surface area (TPSA) is 61.0 Å². The van der Waals surface area contributed by atoms with E-state index >= 15 is 0 Å². The fourth-order valence-corrected chi connectivity index (χ4v) is 2.68. The van der Waals surface area contributed by atoms with Gasteiger partial charge in [-0.3, -0.25) is 0 Å². The van der Waals surface area contributed by atoms with Crippen molar-refractivity contribution in [2.75, 3.05) is 6.61 Å². The first kappa shape index (κ1) is 9.74.